The van der Waals surface area contributed by atoms with Crippen LogP contribution < -0.4 is 0 Å². The van der Waals surface area contributed by atoms with Gasteiger partial charge >= 0.3 is 0 Å². The Balaban J connectivity index is 2.38. The summed E-state index contributed by atoms with van der Waals surface area (Å²) in [6.45, 7) is 4.65. The minimum atomic E-state index is 0.759. The Morgan fingerprint density at radius 1 is 1.38 bits per heavy atom. The maximum Gasteiger partial charge on any atom is 0.101 e. The Kier molecular flexibility index (Phi) is 3.07. The lowest BCUT2D eigenvalue weighted by atomic mass is 10.2. The molecule has 0 bridgehead atoms. The highest BCUT2D eigenvalue weighted by molar-refractivity contribution is 5.86. The lowest BCUT2D eigenvalue weighted by molar-refractivity contribution is 0.671. The number of fused-ring (bicyclic) bond motifs is 1. The normalized spacial score (nSPS) is 10.2. The molecule has 0 fully saturated rings. The number of nitrogens with zero attached hydrogens (tertiary/aromatic N) is 2. The summed E-state index contributed by atoms with van der Waals surface area (Å²) in [4.78, 5) is 0. The summed E-state index contributed by atoms with van der Waals surface area (Å²) in [5.74, 6) is 0. The first-order valence-electron chi connectivity index (χ1n) is 5.45. The number of hydrogen-bond acceptors (Lipinski definition) is 1. The molecule has 0 aliphatic carbocycles. The molecule has 2 heteroatoms. The third-order valence-corrected chi connectivity index (χ3v) is 2.72. The molecular weight excluding hydrogens is 196 g/mol. The molecular formula is C14H14N2. The number of nitriles is 1. The SMILES string of the molecule is C=CCCCn1cc(C#N)c2ccccc21. The summed E-state index contributed by atoms with van der Waals surface area (Å²) in [6.07, 6.45) is 5.94. The monoisotopic (exact) mass is 210 g/mol. The second kappa shape index (κ2) is 4.67. The molecule has 16 heavy (non-hydrogen) atoms. The fourth-order valence-electron chi connectivity index (χ4n) is 1.93. The van der Waals surface area contributed by atoms with Crippen LogP contribution in [0, 0.1) is 11.3 Å². The molecule has 0 unspecified atom stereocenters. The minimum Gasteiger partial charge on any atom is -0.346 e. The van der Waals surface area contributed by atoms with Crippen LogP contribution in [-0.2, 0) is 6.54 Å². The van der Waals surface area contributed by atoms with Crippen molar-refractivity contribution in [3.05, 3.63) is 48.7 Å². The average molecular weight is 210 g/mol. The van der Waals surface area contributed by atoms with Crippen molar-refractivity contribution in [2.24, 2.45) is 0 Å². The number of hydrogen-bond donors (Lipinski definition) is 0. The fourth-order valence-corrected chi connectivity index (χ4v) is 1.93. The molecule has 0 spiro atoms. The summed E-state index contributed by atoms with van der Waals surface area (Å²) in [7, 11) is 0. The molecule has 2 rings (SSSR count). The van der Waals surface area contributed by atoms with Crippen LogP contribution in [0.3, 0.4) is 0 Å². The van der Waals surface area contributed by atoms with Gasteiger partial charge in [-0.1, -0.05) is 24.3 Å². The molecule has 0 aliphatic heterocycles. The summed E-state index contributed by atoms with van der Waals surface area (Å²) in [5.41, 5.74) is 1.90. The quantitative estimate of drug-likeness (QED) is 0.561. The molecule has 0 N–H and O–H groups in total. The molecule has 0 atom stereocenters. The van der Waals surface area contributed by atoms with E-state index in [0.29, 0.717) is 0 Å². The molecule has 0 saturated carbocycles. The van der Waals surface area contributed by atoms with Crippen LogP contribution in [-0.4, -0.2) is 4.57 Å². The molecule has 0 saturated heterocycles. The van der Waals surface area contributed by atoms with Crippen molar-refractivity contribution in [1.29, 1.82) is 5.26 Å². The van der Waals surface area contributed by atoms with Crippen LogP contribution in [0.2, 0.25) is 0 Å². The molecule has 0 aliphatic rings. The molecule has 0 amide bonds. The Bertz CT molecular complexity index is 543. The van der Waals surface area contributed by atoms with Crippen LogP contribution in [0.4, 0.5) is 0 Å². The summed E-state index contributed by atoms with van der Waals surface area (Å²) >= 11 is 0. The number of rotatable bonds is 4. The van der Waals surface area contributed by atoms with E-state index in [2.05, 4.69) is 23.3 Å². The highest BCUT2D eigenvalue weighted by Crippen LogP contribution is 2.20. The number of benzene rings is 1. The van der Waals surface area contributed by atoms with Gasteiger partial charge < -0.3 is 4.57 Å². The van der Waals surface area contributed by atoms with E-state index in [1.165, 1.54) is 0 Å². The van der Waals surface area contributed by atoms with Crippen LogP contribution in [0.1, 0.15) is 18.4 Å². The lowest BCUT2D eigenvalue weighted by Crippen LogP contribution is -1.94. The maximum atomic E-state index is 9.04. The van der Waals surface area contributed by atoms with Gasteiger partial charge in [-0.2, -0.15) is 5.26 Å². The van der Waals surface area contributed by atoms with Gasteiger partial charge in [-0.15, -0.1) is 6.58 Å². The van der Waals surface area contributed by atoms with Gasteiger partial charge in [0, 0.05) is 23.6 Å². The molecule has 1 heterocycles. The smallest absolute Gasteiger partial charge is 0.101 e. The van der Waals surface area contributed by atoms with Gasteiger partial charge in [0.25, 0.3) is 0 Å². The average Bonchev–Trinajstić information content (AvgIpc) is 2.68. The molecule has 0 radical (unpaired) electrons. The summed E-state index contributed by atoms with van der Waals surface area (Å²) in [5, 5.41) is 10.1. The summed E-state index contributed by atoms with van der Waals surface area (Å²) in [6, 6.07) is 10.3. The van der Waals surface area contributed by atoms with Gasteiger partial charge in [-0.05, 0) is 18.9 Å². The molecule has 1 aromatic carbocycles. The number of para-hydroxylation sites is 1. The third-order valence-electron chi connectivity index (χ3n) is 2.72. The Hall–Kier alpha value is -2.01. The molecule has 80 valence electrons. The van der Waals surface area contributed by atoms with E-state index in [1.54, 1.807) is 0 Å². The van der Waals surface area contributed by atoms with Crippen molar-refractivity contribution in [2.75, 3.05) is 0 Å². The second-order valence-electron chi connectivity index (χ2n) is 3.80. The van der Waals surface area contributed by atoms with E-state index >= 15 is 0 Å². The largest absolute Gasteiger partial charge is 0.346 e. The van der Waals surface area contributed by atoms with Crippen molar-refractivity contribution >= 4 is 10.9 Å². The Morgan fingerprint density at radius 3 is 2.94 bits per heavy atom. The maximum absolute atomic E-state index is 9.04. The van der Waals surface area contributed by atoms with Crippen molar-refractivity contribution in [3.63, 3.8) is 0 Å². The predicted molar refractivity (Wildman–Crippen MR) is 66.1 cm³/mol. The first-order chi connectivity index (χ1) is 7.86. The van der Waals surface area contributed by atoms with E-state index < -0.39 is 0 Å². The highest BCUT2D eigenvalue weighted by Gasteiger charge is 2.06. The van der Waals surface area contributed by atoms with E-state index in [-0.39, 0.29) is 0 Å². The molecule has 1 aromatic heterocycles. The number of unbranched alkanes of at least 4 members (excludes halogenated alkanes) is 1. The van der Waals surface area contributed by atoms with Gasteiger partial charge in [-0.25, -0.2) is 0 Å². The topological polar surface area (TPSA) is 28.7 Å². The Morgan fingerprint density at radius 2 is 2.19 bits per heavy atom. The summed E-state index contributed by atoms with van der Waals surface area (Å²) < 4.78 is 2.15. The third kappa shape index (κ3) is 1.85. The second-order valence-corrected chi connectivity index (χ2v) is 3.80. The van der Waals surface area contributed by atoms with Gasteiger partial charge in [-0.3, -0.25) is 0 Å². The van der Waals surface area contributed by atoms with Crippen molar-refractivity contribution in [1.82, 2.24) is 4.57 Å². The van der Waals surface area contributed by atoms with E-state index in [9.17, 15) is 0 Å². The van der Waals surface area contributed by atoms with Crippen molar-refractivity contribution < 1.29 is 0 Å². The highest BCUT2D eigenvalue weighted by atomic mass is 15.0. The zero-order valence-electron chi connectivity index (χ0n) is 9.19. The van der Waals surface area contributed by atoms with Gasteiger partial charge in [0.2, 0.25) is 0 Å². The zero-order chi connectivity index (χ0) is 11.4. The number of allylic oxidation sites excluding steroid dienone is 1. The van der Waals surface area contributed by atoms with Gasteiger partial charge in [0.15, 0.2) is 0 Å². The fraction of sp³-hybridized carbons (Fsp3) is 0.214. The predicted octanol–water partition coefficient (Wildman–Crippen LogP) is 3.48. The van der Waals surface area contributed by atoms with Crippen molar-refractivity contribution in [3.8, 4) is 6.07 Å². The van der Waals surface area contributed by atoms with E-state index in [0.717, 1.165) is 35.9 Å². The first-order valence-corrected chi connectivity index (χ1v) is 5.45. The van der Waals surface area contributed by atoms with E-state index in [1.807, 2.05) is 30.5 Å². The van der Waals surface area contributed by atoms with Crippen LogP contribution in [0.15, 0.2) is 43.1 Å². The van der Waals surface area contributed by atoms with Crippen LogP contribution >= 0.6 is 0 Å². The zero-order valence-corrected chi connectivity index (χ0v) is 9.19. The van der Waals surface area contributed by atoms with Crippen LogP contribution in [0.5, 0.6) is 0 Å². The molecule has 2 nitrogen and oxygen atoms in total. The minimum absolute atomic E-state index is 0.759. The molecule has 2 aromatic rings. The number of aromatic nitrogens is 1. The first kappa shape index (κ1) is 10.5. The Labute approximate surface area is 95.4 Å². The van der Waals surface area contributed by atoms with Gasteiger partial charge in [0.1, 0.15) is 6.07 Å². The number of aryl methyl sites for hydroxylation is 1. The standard InChI is InChI=1S/C14H14N2/c1-2-3-6-9-16-11-12(10-15)13-7-4-5-8-14(13)16/h2,4-5,7-8,11H,1,3,6,9H2. The van der Waals surface area contributed by atoms with E-state index in [4.69, 9.17) is 5.26 Å². The van der Waals surface area contributed by atoms with Crippen LogP contribution in [0.25, 0.3) is 10.9 Å². The van der Waals surface area contributed by atoms with Gasteiger partial charge in [0.05, 0.1) is 5.56 Å². The van der Waals surface area contributed by atoms with Crippen molar-refractivity contribution in [2.45, 2.75) is 19.4 Å². The lowest BCUT2D eigenvalue weighted by Gasteiger charge is -2.02.